The van der Waals surface area contributed by atoms with E-state index >= 15 is 0 Å². The summed E-state index contributed by atoms with van der Waals surface area (Å²) in [7, 11) is 1.89. The number of hydrogen-bond donors (Lipinski definition) is 1. The molecular weight excluding hydrogens is 214 g/mol. The molecule has 2 aliphatic heterocycles. The van der Waals surface area contributed by atoms with Crippen molar-refractivity contribution < 1.29 is 4.79 Å². The van der Waals surface area contributed by atoms with E-state index in [0.29, 0.717) is 6.04 Å². The maximum absolute atomic E-state index is 11.7. The van der Waals surface area contributed by atoms with Crippen molar-refractivity contribution in [2.75, 3.05) is 33.2 Å². The van der Waals surface area contributed by atoms with Crippen LogP contribution in [-0.2, 0) is 4.79 Å². The molecule has 1 N–H and O–H groups in total. The summed E-state index contributed by atoms with van der Waals surface area (Å²) >= 11 is 0. The van der Waals surface area contributed by atoms with Gasteiger partial charge in [0.25, 0.3) is 0 Å². The van der Waals surface area contributed by atoms with Gasteiger partial charge in [0.2, 0.25) is 5.91 Å². The Hall–Kier alpha value is -0.610. The predicted octanol–water partition coefficient (Wildman–Crippen LogP) is 0.537. The Bertz CT molecular complexity index is 280. The highest BCUT2D eigenvalue weighted by atomic mass is 16.2. The molecule has 2 rings (SSSR count). The monoisotopic (exact) mass is 239 g/mol. The summed E-state index contributed by atoms with van der Waals surface area (Å²) in [4.78, 5) is 16.1. The normalized spacial score (nSPS) is 30.8. The van der Waals surface area contributed by atoms with Crippen molar-refractivity contribution in [2.45, 2.75) is 38.8 Å². The number of nitrogens with one attached hydrogen (secondary N) is 1. The predicted molar refractivity (Wildman–Crippen MR) is 68.9 cm³/mol. The van der Waals surface area contributed by atoms with Crippen LogP contribution in [0.3, 0.4) is 0 Å². The Morgan fingerprint density at radius 2 is 2.12 bits per heavy atom. The zero-order valence-corrected chi connectivity index (χ0v) is 11.3. The van der Waals surface area contributed by atoms with Crippen LogP contribution in [-0.4, -0.2) is 61.0 Å². The molecule has 17 heavy (non-hydrogen) atoms. The summed E-state index contributed by atoms with van der Waals surface area (Å²) in [6.07, 6.45) is 2.23. The van der Waals surface area contributed by atoms with Gasteiger partial charge in [0.05, 0.1) is 6.04 Å². The quantitative estimate of drug-likeness (QED) is 0.777. The Balaban J connectivity index is 1.71. The Morgan fingerprint density at radius 3 is 2.65 bits per heavy atom. The number of rotatable bonds is 4. The van der Waals surface area contributed by atoms with Gasteiger partial charge in [0.15, 0.2) is 0 Å². The average Bonchev–Trinajstić information content (AvgIpc) is 2.86. The van der Waals surface area contributed by atoms with E-state index in [1.165, 1.54) is 19.5 Å². The molecule has 2 atom stereocenters. The molecule has 2 unspecified atom stereocenters. The second-order valence-corrected chi connectivity index (χ2v) is 5.75. The maximum atomic E-state index is 11.7. The van der Waals surface area contributed by atoms with Crippen molar-refractivity contribution in [1.29, 1.82) is 0 Å². The lowest BCUT2D eigenvalue weighted by Crippen LogP contribution is -2.40. The van der Waals surface area contributed by atoms with E-state index in [9.17, 15) is 4.79 Å². The first kappa shape index (κ1) is 12.8. The molecule has 4 heteroatoms. The van der Waals surface area contributed by atoms with Gasteiger partial charge in [0.1, 0.15) is 0 Å². The van der Waals surface area contributed by atoms with Crippen molar-refractivity contribution >= 4 is 5.91 Å². The number of carbonyl (C=O) groups excluding carboxylic acids is 1. The molecule has 0 aromatic rings. The summed E-state index contributed by atoms with van der Waals surface area (Å²) in [5.74, 6) is 0.986. The smallest absolute Gasteiger partial charge is 0.239 e. The van der Waals surface area contributed by atoms with Crippen molar-refractivity contribution in [2.24, 2.45) is 5.92 Å². The first-order chi connectivity index (χ1) is 8.08. The van der Waals surface area contributed by atoms with Gasteiger partial charge in [-0.15, -0.1) is 0 Å². The minimum atomic E-state index is 0.0769. The molecule has 2 heterocycles. The number of likely N-dealkylation sites (N-methyl/N-ethyl adjacent to an activating group) is 1. The minimum Gasteiger partial charge on any atom is -0.344 e. The number of amides is 1. The standard InChI is InChI=1S/C13H25N3O/c1-10(2)16-7-4-11(9-16)8-14-12-5-6-15(3)13(12)17/h10-12,14H,4-9H2,1-3H3. The van der Waals surface area contributed by atoms with E-state index in [0.717, 1.165) is 25.4 Å². The van der Waals surface area contributed by atoms with Crippen LogP contribution in [0.15, 0.2) is 0 Å². The molecule has 2 saturated heterocycles. The third-order valence-corrected chi connectivity index (χ3v) is 4.13. The molecule has 0 radical (unpaired) electrons. The molecule has 0 saturated carbocycles. The van der Waals surface area contributed by atoms with Gasteiger partial charge in [-0.05, 0) is 45.7 Å². The lowest BCUT2D eigenvalue weighted by Gasteiger charge is -2.21. The van der Waals surface area contributed by atoms with Crippen LogP contribution in [0.4, 0.5) is 0 Å². The SMILES string of the molecule is CC(C)N1CCC(CNC2CCN(C)C2=O)C1. The molecule has 2 aliphatic rings. The largest absolute Gasteiger partial charge is 0.344 e. The zero-order chi connectivity index (χ0) is 12.4. The van der Waals surface area contributed by atoms with E-state index in [1.807, 2.05) is 11.9 Å². The van der Waals surface area contributed by atoms with Crippen molar-refractivity contribution in [3.05, 3.63) is 0 Å². The topological polar surface area (TPSA) is 35.6 Å². The molecule has 0 aliphatic carbocycles. The third-order valence-electron chi connectivity index (χ3n) is 4.13. The molecule has 1 amide bonds. The van der Waals surface area contributed by atoms with Gasteiger partial charge in [0, 0.05) is 26.2 Å². The molecule has 0 bridgehead atoms. The fourth-order valence-electron chi connectivity index (χ4n) is 2.82. The summed E-state index contributed by atoms with van der Waals surface area (Å²) in [5, 5.41) is 3.45. The molecular formula is C13H25N3O. The Labute approximate surface area is 104 Å². The van der Waals surface area contributed by atoms with Gasteiger partial charge < -0.3 is 15.1 Å². The Kier molecular flexibility index (Phi) is 4.05. The molecule has 98 valence electrons. The second-order valence-electron chi connectivity index (χ2n) is 5.75. The second kappa shape index (κ2) is 5.36. The highest BCUT2D eigenvalue weighted by Gasteiger charge is 2.30. The highest BCUT2D eigenvalue weighted by Crippen LogP contribution is 2.18. The summed E-state index contributed by atoms with van der Waals surface area (Å²) in [6, 6.07) is 0.729. The van der Waals surface area contributed by atoms with E-state index in [1.54, 1.807) is 0 Å². The van der Waals surface area contributed by atoms with Crippen molar-refractivity contribution in [1.82, 2.24) is 15.1 Å². The molecule has 2 fully saturated rings. The first-order valence-electron chi connectivity index (χ1n) is 6.80. The summed E-state index contributed by atoms with van der Waals surface area (Å²) < 4.78 is 0. The number of nitrogens with zero attached hydrogens (tertiary/aromatic N) is 2. The van der Waals surface area contributed by atoms with E-state index in [2.05, 4.69) is 24.1 Å². The summed E-state index contributed by atoms with van der Waals surface area (Å²) in [6.45, 7) is 8.80. The van der Waals surface area contributed by atoms with Crippen molar-refractivity contribution in [3.8, 4) is 0 Å². The van der Waals surface area contributed by atoms with Gasteiger partial charge in [-0.25, -0.2) is 0 Å². The fourth-order valence-corrected chi connectivity index (χ4v) is 2.82. The Morgan fingerprint density at radius 1 is 1.35 bits per heavy atom. The molecule has 4 nitrogen and oxygen atoms in total. The van der Waals surface area contributed by atoms with E-state index < -0.39 is 0 Å². The summed E-state index contributed by atoms with van der Waals surface area (Å²) in [5.41, 5.74) is 0. The lowest BCUT2D eigenvalue weighted by molar-refractivity contribution is -0.128. The average molecular weight is 239 g/mol. The van der Waals surface area contributed by atoms with Crippen LogP contribution in [0.5, 0.6) is 0 Å². The maximum Gasteiger partial charge on any atom is 0.239 e. The van der Waals surface area contributed by atoms with Crippen LogP contribution in [0, 0.1) is 5.92 Å². The van der Waals surface area contributed by atoms with Crippen LogP contribution < -0.4 is 5.32 Å². The van der Waals surface area contributed by atoms with Gasteiger partial charge in [-0.2, -0.15) is 0 Å². The van der Waals surface area contributed by atoms with Crippen LogP contribution in [0.1, 0.15) is 26.7 Å². The van der Waals surface area contributed by atoms with E-state index in [4.69, 9.17) is 0 Å². The van der Waals surface area contributed by atoms with E-state index in [-0.39, 0.29) is 11.9 Å². The lowest BCUT2D eigenvalue weighted by atomic mass is 10.1. The number of likely N-dealkylation sites (tertiary alicyclic amines) is 2. The number of hydrogen-bond acceptors (Lipinski definition) is 3. The van der Waals surface area contributed by atoms with Crippen molar-refractivity contribution in [3.63, 3.8) is 0 Å². The van der Waals surface area contributed by atoms with Crippen LogP contribution >= 0.6 is 0 Å². The van der Waals surface area contributed by atoms with Crippen LogP contribution in [0.25, 0.3) is 0 Å². The van der Waals surface area contributed by atoms with Gasteiger partial charge in [-0.3, -0.25) is 4.79 Å². The molecule has 0 aromatic carbocycles. The fraction of sp³-hybridized carbons (Fsp3) is 0.923. The van der Waals surface area contributed by atoms with Gasteiger partial charge in [-0.1, -0.05) is 0 Å². The zero-order valence-electron chi connectivity index (χ0n) is 11.3. The van der Waals surface area contributed by atoms with Gasteiger partial charge >= 0.3 is 0 Å². The minimum absolute atomic E-state index is 0.0769. The third kappa shape index (κ3) is 2.99. The highest BCUT2D eigenvalue weighted by molar-refractivity contribution is 5.83. The molecule has 0 aromatic heterocycles. The van der Waals surface area contributed by atoms with Crippen LogP contribution in [0.2, 0.25) is 0 Å². The number of carbonyl (C=O) groups is 1. The molecule has 0 spiro atoms. The first-order valence-corrected chi connectivity index (χ1v) is 6.80.